The fraction of sp³-hybridized carbons (Fsp3) is 0.462. The van der Waals surface area contributed by atoms with Crippen LogP contribution in [0.15, 0.2) is 27.2 Å². The zero-order valence-corrected chi connectivity index (χ0v) is 13.9. The van der Waals surface area contributed by atoms with Crippen molar-refractivity contribution in [2.24, 2.45) is 0 Å². The van der Waals surface area contributed by atoms with E-state index in [9.17, 15) is 8.42 Å². The summed E-state index contributed by atoms with van der Waals surface area (Å²) in [5.74, 6) is 0. The summed E-state index contributed by atoms with van der Waals surface area (Å²) in [6.07, 6.45) is 3.08. The fourth-order valence-corrected chi connectivity index (χ4v) is 4.73. The van der Waals surface area contributed by atoms with Gasteiger partial charge in [-0.3, -0.25) is 0 Å². The predicted octanol–water partition coefficient (Wildman–Crippen LogP) is 1.98. The van der Waals surface area contributed by atoms with E-state index in [1.165, 1.54) is 35.5 Å². The van der Waals surface area contributed by atoms with Crippen molar-refractivity contribution in [2.75, 3.05) is 6.54 Å². The van der Waals surface area contributed by atoms with E-state index in [-0.39, 0.29) is 0 Å². The molecule has 0 saturated heterocycles. The van der Waals surface area contributed by atoms with E-state index < -0.39 is 10.0 Å². The molecule has 2 N–H and O–H groups in total. The van der Waals surface area contributed by atoms with Gasteiger partial charge in [0.05, 0.1) is 16.1 Å². The topological polar surface area (TPSA) is 71.1 Å². The number of rotatable bonds is 8. The maximum absolute atomic E-state index is 12.2. The summed E-state index contributed by atoms with van der Waals surface area (Å²) in [5.41, 5.74) is 2.67. The van der Waals surface area contributed by atoms with E-state index in [2.05, 4.69) is 15.0 Å². The summed E-state index contributed by atoms with van der Waals surface area (Å²) in [6.45, 7) is 1.13. The number of sulfonamides is 1. The molecule has 0 aliphatic heterocycles. The number of thiazole rings is 1. The fourth-order valence-electron chi connectivity index (χ4n) is 1.88. The number of hydrogen-bond donors (Lipinski definition) is 2. The van der Waals surface area contributed by atoms with Gasteiger partial charge in [0.25, 0.3) is 0 Å². The van der Waals surface area contributed by atoms with Gasteiger partial charge in [-0.25, -0.2) is 18.1 Å². The Morgan fingerprint density at radius 3 is 2.90 bits per heavy atom. The van der Waals surface area contributed by atoms with Crippen molar-refractivity contribution in [1.82, 2.24) is 15.0 Å². The second-order valence-corrected chi connectivity index (χ2v) is 8.51. The Hall–Kier alpha value is -0.800. The second kappa shape index (κ2) is 6.53. The van der Waals surface area contributed by atoms with Gasteiger partial charge in [0, 0.05) is 41.2 Å². The van der Waals surface area contributed by atoms with Crippen molar-refractivity contribution >= 4 is 32.7 Å². The first-order valence-electron chi connectivity index (χ1n) is 6.81. The van der Waals surface area contributed by atoms with Crippen LogP contribution in [0.3, 0.4) is 0 Å². The lowest BCUT2D eigenvalue weighted by molar-refractivity contribution is 0.581. The van der Waals surface area contributed by atoms with Gasteiger partial charge < -0.3 is 5.32 Å². The number of hydrogen-bond acceptors (Lipinski definition) is 6. The average Bonchev–Trinajstić information content (AvgIpc) is 2.93. The van der Waals surface area contributed by atoms with E-state index in [1.807, 2.05) is 5.38 Å². The third-order valence-corrected chi connectivity index (χ3v) is 6.40. The van der Waals surface area contributed by atoms with Crippen LogP contribution in [0.5, 0.6) is 0 Å². The van der Waals surface area contributed by atoms with E-state index in [0.29, 0.717) is 23.9 Å². The van der Waals surface area contributed by atoms with Crippen molar-refractivity contribution in [1.29, 1.82) is 0 Å². The molecule has 0 atom stereocenters. The van der Waals surface area contributed by atoms with Crippen LogP contribution in [0.1, 0.15) is 23.4 Å². The molecule has 3 rings (SSSR count). The summed E-state index contributed by atoms with van der Waals surface area (Å²) in [7, 11) is -3.41. The molecule has 2 heterocycles. The summed E-state index contributed by atoms with van der Waals surface area (Å²) < 4.78 is 27.0. The Morgan fingerprint density at radius 1 is 1.33 bits per heavy atom. The molecular formula is C13H17N3O2S3. The minimum atomic E-state index is -3.41. The molecule has 0 radical (unpaired) electrons. The first-order valence-corrected chi connectivity index (χ1v) is 10.1. The van der Waals surface area contributed by atoms with Crippen LogP contribution < -0.4 is 10.0 Å². The summed E-state index contributed by atoms with van der Waals surface area (Å²) in [6, 6.07) is 2.38. The lowest BCUT2D eigenvalue weighted by Crippen LogP contribution is -2.25. The Morgan fingerprint density at radius 2 is 2.19 bits per heavy atom. The maximum atomic E-state index is 12.2. The monoisotopic (exact) mass is 343 g/mol. The highest BCUT2D eigenvalue weighted by atomic mass is 32.2. The van der Waals surface area contributed by atoms with Crippen LogP contribution in [-0.4, -0.2) is 26.0 Å². The number of thiophene rings is 1. The predicted molar refractivity (Wildman–Crippen MR) is 85.2 cm³/mol. The van der Waals surface area contributed by atoms with Crippen LogP contribution in [0.25, 0.3) is 0 Å². The van der Waals surface area contributed by atoms with Gasteiger partial charge in [-0.05, 0) is 18.9 Å². The summed E-state index contributed by atoms with van der Waals surface area (Å²) in [4.78, 5) is 5.55. The van der Waals surface area contributed by atoms with Gasteiger partial charge >= 0.3 is 0 Å². The minimum absolute atomic E-state index is 0.360. The molecule has 21 heavy (non-hydrogen) atoms. The highest BCUT2D eigenvalue weighted by Crippen LogP contribution is 2.22. The standard InChI is InChI=1S/C13H17N3O2S3/c17-21(18,16-4-3-11-7-19-9-15-11)13-5-12(20-8-13)6-14-10-1-2-10/h5,7-10,14,16H,1-4,6H2. The normalized spacial score (nSPS) is 15.4. The number of nitrogens with zero attached hydrogens (tertiary/aromatic N) is 1. The van der Waals surface area contributed by atoms with E-state index in [1.54, 1.807) is 17.0 Å². The third kappa shape index (κ3) is 4.33. The lowest BCUT2D eigenvalue weighted by Gasteiger charge is -2.03. The van der Waals surface area contributed by atoms with E-state index >= 15 is 0 Å². The molecule has 1 fully saturated rings. The van der Waals surface area contributed by atoms with Crippen LogP contribution in [0.4, 0.5) is 0 Å². The van der Waals surface area contributed by atoms with Crippen molar-refractivity contribution in [3.05, 3.63) is 32.9 Å². The van der Waals surface area contributed by atoms with Crippen molar-refractivity contribution < 1.29 is 8.42 Å². The van der Waals surface area contributed by atoms with Crippen molar-refractivity contribution in [3.8, 4) is 0 Å². The maximum Gasteiger partial charge on any atom is 0.241 e. The summed E-state index contributed by atoms with van der Waals surface area (Å²) in [5, 5.41) is 7.02. The van der Waals surface area contributed by atoms with Gasteiger partial charge in [-0.1, -0.05) is 0 Å². The van der Waals surface area contributed by atoms with E-state index in [4.69, 9.17) is 0 Å². The largest absolute Gasteiger partial charge is 0.309 e. The molecule has 5 nitrogen and oxygen atoms in total. The minimum Gasteiger partial charge on any atom is -0.309 e. The van der Waals surface area contributed by atoms with Crippen molar-refractivity contribution in [2.45, 2.75) is 36.7 Å². The molecule has 1 saturated carbocycles. The highest BCUT2D eigenvalue weighted by Gasteiger charge is 2.21. The smallest absolute Gasteiger partial charge is 0.241 e. The van der Waals surface area contributed by atoms with Crippen molar-refractivity contribution in [3.63, 3.8) is 0 Å². The average molecular weight is 343 g/mol. The van der Waals surface area contributed by atoms with Gasteiger partial charge in [0.1, 0.15) is 0 Å². The molecule has 0 aromatic carbocycles. The van der Waals surface area contributed by atoms with Gasteiger partial charge in [-0.2, -0.15) is 0 Å². The van der Waals surface area contributed by atoms with E-state index in [0.717, 1.165) is 17.1 Å². The first kappa shape index (κ1) is 15.1. The third-order valence-electron chi connectivity index (χ3n) is 3.24. The van der Waals surface area contributed by atoms with Gasteiger partial charge in [0.15, 0.2) is 0 Å². The molecule has 1 aliphatic rings. The Labute approximate surface area is 132 Å². The van der Waals surface area contributed by atoms with Gasteiger partial charge in [-0.15, -0.1) is 22.7 Å². The Bertz CT molecular complexity index is 675. The molecule has 8 heteroatoms. The first-order chi connectivity index (χ1) is 10.1. The quantitative estimate of drug-likeness (QED) is 0.769. The van der Waals surface area contributed by atoms with Gasteiger partial charge in [0.2, 0.25) is 10.0 Å². The number of nitrogens with one attached hydrogen (secondary N) is 2. The zero-order valence-electron chi connectivity index (χ0n) is 11.4. The molecule has 2 aromatic rings. The molecule has 0 unspecified atom stereocenters. The van der Waals surface area contributed by atoms with Crippen LogP contribution in [0.2, 0.25) is 0 Å². The molecular weight excluding hydrogens is 326 g/mol. The van der Waals surface area contributed by atoms with Crippen LogP contribution in [0, 0.1) is 0 Å². The Balaban J connectivity index is 1.53. The van der Waals surface area contributed by atoms with Crippen LogP contribution >= 0.6 is 22.7 Å². The SMILES string of the molecule is O=S(=O)(NCCc1cscn1)c1csc(CNC2CC2)c1. The van der Waals surface area contributed by atoms with Crippen LogP contribution in [-0.2, 0) is 23.0 Å². The lowest BCUT2D eigenvalue weighted by atomic mass is 10.3. The molecule has 0 amide bonds. The molecule has 114 valence electrons. The molecule has 1 aliphatic carbocycles. The molecule has 0 bridgehead atoms. The highest BCUT2D eigenvalue weighted by molar-refractivity contribution is 7.89. The summed E-state index contributed by atoms with van der Waals surface area (Å²) >= 11 is 3.00. The Kier molecular flexibility index (Phi) is 4.70. The number of aromatic nitrogens is 1. The molecule has 2 aromatic heterocycles. The molecule has 0 spiro atoms. The zero-order chi connectivity index (χ0) is 14.7. The second-order valence-electron chi connectivity index (χ2n) is 5.03.